The zero-order chi connectivity index (χ0) is 20.5. The first-order valence-electron chi connectivity index (χ1n) is 8.27. The van der Waals surface area contributed by atoms with Crippen molar-refractivity contribution in [2.75, 3.05) is 5.32 Å². The van der Waals surface area contributed by atoms with Crippen LogP contribution >= 0.6 is 0 Å². The Labute approximate surface area is 158 Å². The van der Waals surface area contributed by atoms with E-state index in [2.05, 4.69) is 10.0 Å². The number of sulfonamides is 1. The Morgan fingerprint density at radius 1 is 1.11 bits per heavy atom. The number of nitro groups is 1. The molecule has 0 bridgehead atoms. The molecule has 0 saturated heterocycles. The summed E-state index contributed by atoms with van der Waals surface area (Å²) in [5, 5.41) is 13.8. The van der Waals surface area contributed by atoms with Gasteiger partial charge in [-0.25, -0.2) is 13.1 Å². The molecule has 1 aliphatic rings. The summed E-state index contributed by atoms with van der Waals surface area (Å²) in [6.45, 7) is 0.0720. The van der Waals surface area contributed by atoms with Gasteiger partial charge < -0.3 is 5.32 Å². The highest BCUT2D eigenvalue weighted by atomic mass is 32.2. The van der Waals surface area contributed by atoms with Crippen LogP contribution in [0, 0.1) is 10.1 Å². The fourth-order valence-corrected chi connectivity index (χ4v) is 3.79. The molecule has 1 saturated carbocycles. The number of halogens is 3. The number of hydrogen-bond donors (Lipinski definition) is 2. The molecule has 2 aromatic carbocycles. The van der Waals surface area contributed by atoms with Gasteiger partial charge in [0.2, 0.25) is 10.0 Å². The quantitative estimate of drug-likeness (QED) is 0.531. The van der Waals surface area contributed by atoms with Crippen molar-refractivity contribution in [2.24, 2.45) is 0 Å². The molecule has 0 atom stereocenters. The molecule has 7 nitrogen and oxygen atoms in total. The van der Waals surface area contributed by atoms with Crippen LogP contribution in [-0.4, -0.2) is 19.4 Å². The Morgan fingerprint density at radius 2 is 1.75 bits per heavy atom. The molecule has 0 amide bonds. The highest BCUT2D eigenvalue weighted by Gasteiger charge is 2.33. The van der Waals surface area contributed by atoms with Gasteiger partial charge in [-0.3, -0.25) is 10.1 Å². The maximum Gasteiger partial charge on any atom is 0.416 e. The van der Waals surface area contributed by atoms with Gasteiger partial charge in [-0.2, -0.15) is 13.2 Å². The van der Waals surface area contributed by atoms with E-state index < -0.39 is 32.4 Å². The minimum Gasteiger partial charge on any atom is -0.375 e. The summed E-state index contributed by atoms with van der Waals surface area (Å²) in [7, 11) is -3.58. The lowest BCUT2D eigenvalue weighted by atomic mass is 10.1. The first-order chi connectivity index (χ1) is 13.1. The van der Waals surface area contributed by atoms with Gasteiger partial charge in [0, 0.05) is 18.7 Å². The molecule has 2 N–H and O–H groups in total. The molecule has 0 radical (unpaired) electrons. The maximum absolute atomic E-state index is 12.7. The second-order valence-electron chi connectivity index (χ2n) is 6.38. The van der Waals surface area contributed by atoms with E-state index in [1.807, 2.05) is 0 Å². The summed E-state index contributed by atoms with van der Waals surface area (Å²) in [6.07, 6.45) is -3.06. The number of anilines is 1. The van der Waals surface area contributed by atoms with Gasteiger partial charge in [0.25, 0.3) is 5.69 Å². The van der Waals surface area contributed by atoms with Crippen LogP contribution in [0.2, 0.25) is 0 Å². The third kappa shape index (κ3) is 4.78. The number of nitrogens with one attached hydrogen (secondary N) is 2. The fraction of sp³-hybridized carbons (Fsp3) is 0.294. The molecule has 1 aliphatic carbocycles. The van der Waals surface area contributed by atoms with Crippen molar-refractivity contribution in [1.82, 2.24) is 4.72 Å². The van der Waals surface area contributed by atoms with E-state index in [1.165, 1.54) is 24.3 Å². The standard InChI is InChI=1S/C17H16F3N3O4S/c18-17(19,20)12-3-8-15(16(9-12)23(24)25)21-10-11-1-6-14(7-2-11)28(26,27)22-13-4-5-13/h1-3,6-9,13,21-22H,4-5,10H2. The van der Waals surface area contributed by atoms with Crippen LogP contribution in [0.25, 0.3) is 0 Å². The third-order valence-electron chi connectivity index (χ3n) is 4.14. The Bertz CT molecular complexity index is 988. The minimum absolute atomic E-state index is 0.0217. The second kappa shape index (κ2) is 7.40. The Balaban J connectivity index is 1.72. The van der Waals surface area contributed by atoms with Crippen molar-refractivity contribution in [3.05, 3.63) is 63.7 Å². The van der Waals surface area contributed by atoms with E-state index in [0.29, 0.717) is 11.6 Å². The lowest BCUT2D eigenvalue weighted by molar-refractivity contribution is -0.384. The summed E-state index contributed by atoms with van der Waals surface area (Å²) in [5.74, 6) is 0. The van der Waals surface area contributed by atoms with Crippen LogP contribution in [0.3, 0.4) is 0 Å². The average Bonchev–Trinajstić information content (AvgIpc) is 3.42. The predicted molar refractivity (Wildman–Crippen MR) is 95.2 cm³/mol. The van der Waals surface area contributed by atoms with E-state index in [-0.39, 0.29) is 23.2 Å². The van der Waals surface area contributed by atoms with Crippen LogP contribution in [0.5, 0.6) is 0 Å². The van der Waals surface area contributed by atoms with Crippen molar-refractivity contribution in [1.29, 1.82) is 0 Å². The Hall–Kier alpha value is -2.66. The van der Waals surface area contributed by atoms with Crippen LogP contribution in [0.4, 0.5) is 24.5 Å². The molecule has 0 aliphatic heterocycles. The number of hydrogen-bond acceptors (Lipinski definition) is 5. The lowest BCUT2D eigenvalue weighted by Gasteiger charge is -2.11. The van der Waals surface area contributed by atoms with Crippen molar-refractivity contribution in [3.63, 3.8) is 0 Å². The summed E-state index contributed by atoms with van der Waals surface area (Å²) < 4.78 is 65.0. The van der Waals surface area contributed by atoms with Crippen molar-refractivity contribution < 1.29 is 26.5 Å². The molecule has 0 unspecified atom stereocenters. The van der Waals surface area contributed by atoms with E-state index in [0.717, 1.165) is 25.0 Å². The van der Waals surface area contributed by atoms with Crippen molar-refractivity contribution >= 4 is 21.4 Å². The second-order valence-corrected chi connectivity index (χ2v) is 8.09. The number of alkyl halides is 3. The largest absolute Gasteiger partial charge is 0.416 e. The molecule has 2 aromatic rings. The third-order valence-corrected chi connectivity index (χ3v) is 5.67. The monoisotopic (exact) mass is 415 g/mol. The van der Waals surface area contributed by atoms with E-state index in [9.17, 15) is 31.7 Å². The Morgan fingerprint density at radius 3 is 2.29 bits per heavy atom. The average molecular weight is 415 g/mol. The van der Waals surface area contributed by atoms with Crippen molar-refractivity contribution in [2.45, 2.75) is 36.5 Å². The molecule has 28 heavy (non-hydrogen) atoms. The maximum atomic E-state index is 12.7. The van der Waals surface area contributed by atoms with E-state index in [4.69, 9.17) is 0 Å². The molecule has 0 heterocycles. The number of nitrogens with zero attached hydrogens (tertiary/aromatic N) is 1. The lowest BCUT2D eigenvalue weighted by Crippen LogP contribution is -2.25. The molecule has 0 aromatic heterocycles. The number of rotatable bonds is 7. The van der Waals surface area contributed by atoms with Gasteiger partial charge in [0.15, 0.2) is 0 Å². The molecular formula is C17H16F3N3O4S. The fourth-order valence-electron chi connectivity index (χ4n) is 2.48. The zero-order valence-electron chi connectivity index (χ0n) is 14.4. The molecule has 11 heteroatoms. The summed E-state index contributed by atoms with van der Waals surface area (Å²) in [6, 6.07) is 8.09. The van der Waals surface area contributed by atoms with Gasteiger partial charge in [-0.15, -0.1) is 0 Å². The molecule has 3 rings (SSSR count). The minimum atomic E-state index is -4.68. The van der Waals surface area contributed by atoms with Crippen LogP contribution in [0.15, 0.2) is 47.4 Å². The number of nitro benzene ring substituents is 1. The molecule has 1 fully saturated rings. The van der Waals surface area contributed by atoms with Crippen LogP contribution in [0.1, 0.15) is 24.0 Å². The zero-order valence-corrected chi connectivity index (χ0v) is 15.2. The highest BCUT2D eigenvalue weighted by Crippen LogP contribution is 2.35. The normalized spacial score (nSPS) is 14.7. The van der Waals surface area contributed by atoms with Crippen LogP contribution < -0.4 is 10.0 Å². The molecular weight excluding hydrogens is 399 g/mol. The van der Waals surface area contributed by atoms with Gasteiger partial charge in [0.1, 0.15) is 5.69 Å². The summed E-state index contributed by atoms with van der Waals surface area (Å²) in [5.41, 5.74) is -1.25. The number of benzene rings is 2. The topological polar surface area (TPSA) is 101 Å². The van der Waals surface area contributed by atoms with E-state index >= 15 is 0 Å². The van der Waals surface area contributed by atoms with Crippen molar-refractivity contribution in [3.8, 4) is 0 Å². The van der Waals surface area contributed by atoms with Gasteiger partial charge in [-0.05, 0) is 42.7 Å². The molecule has 150 valence electrons. The van der Waals surface area contributed by atoms with Gasteiger partial charge >= 0.3 is 6.18 Å². The first kappa shape index (κ1) is 20.1. The van der Waals surface area contributed by atoms with E-state index in [1.54, 1.807) is 0 Å². The van der Waals surface area contributed by atoms with Gasteiger partial charge in [-0.1, -0.05) is 12.1 Å². The predicted octanol–water partition coefficient (Wildman–Crippen LogP) is 3.67. The van der Waals surface area contributed by atoms with Crippen LogP contribution in [-0.2, 0) is 22.7 Å². The first-order valence-corrected chi connectivity index (χ1v) is 9.75. The SMILES string of the molecule is O=[N+]([O-])c1cc(C(F)(F)F)ccc1NCc1ccc(S(=O)(=O)NC2CC2)cc1. The van der Waals surface area contributed by atoms with Gasteiger partial charge in [0.05, 0.1) is 15.4 Å². The highest BCUT2D eigenvalue weighted by molar-refractivity contribution is 7.89. The smallest absolute Gasteiger partial charge is 0.375 e. The summed E-state index contributed by atoms with van der Waals surface area (Å²) in [4.78, 5) is 10.3. The Kier molecular flexibility index (Phi) is 5.31. The molecule has 0 spiro atoms. The summed E-state index contributed by atoms with van der Waals surface area (Å²) >= 11 is 0.